The van der Waals surface area contributed by atoms with Crippen LogP contribution in [0.2, 0.25) is 0 Å². The molecule has 2 aliphatic heterocycles. The largest absolute Gasteiger partial charge is 0.369 e. The Labute approximate surface area is 343 Å². The van der Waals surface area contributed by atoms with Gasteiger partial charge in [-0.2, -0.15) is 10.1 Å². The van der Waals surface area contributed by atoms with Gasteiger partial charge in [-0.3, -0.25) is 29.7 Å². The summed E-state index contributed by atoms with van der Waals surface area (Å²) in [4.78, 5) is 51.3. The van der Waals surface area contributed by atoms with Crippen LogP contribution < -0.4 is 15.5 Å². The number of piperazine rings is 1. The van der Waals surface area contributed by atoms with Crippen LogP contribution in [0.5, 0.6) is 0 Å². The van der Waals surface area contributed by atoms with Crippen LogP contribution in [0.4, 0.5) is 5.69 Å². The number of hydrogen-bond acceptors (Lipinski definition) is 10. The summed E-state index contributed by atoms with van der Waals surface area (Å²) in [5.74, 6) is -0.233. The van der Waals surface area contributed by atoms with E-state index >= 15 is 0 Å². The van der Waals surface area contributed by atoms with E-state index in [-0.39, 0.29) is 29.2 Å². The van der Waals surface area contributed by atoms with Gasteiger partial charge in [-0.25, -0.2) is 4.98 Å². The predicted octanol–water partition coefficient (Wildman–Crippen LogP) is 6.27. The molecule has 5 heterocycles. The molecule has 1 spiro atoms. The molecule has 1 unspecified atom stereocenters. The molecule has 6 aromatic rings. The summed E-state index contributed by atoms with van der Waals surface area (Å²) in [6.07, 6.45) is 4.46. The molecular formula is C46H49N9O4. The average Bonchev–Trinajstić information content (AvgIpc) is 4.02. The highest BCUT2D eigenvalue weighted by molar-refractivity contribution is 6.06. The van der Waals surface area contributed by atoms with Crippen molar-refractivity contribution in [3.63, 3.8) is 0 Å². The number of carbonyl (C=O) groups excluding carboxylic acids is 3. The van der Waals surface area contributed by atoms with E-state index in [1.54, 1.807) is 0 Å². The molecule has 13 heteroatoms. The van der Waals surface area contributed by atoms with Crippen molar-refractivity contribution in [2.75, 3.05) is 37.6 Å². The Morgan fingerprint density at radius 2 is 1.68 bits per heavy atom. The Kier molecular flexibility index (Phi) is 9.66. The zero-order valence-electron chi connectivity index (χ0n) is 34.2. The van der Waals surface area contributed by atoms with Crippen LogP contribution in [0.15, 0.2) is 77.4 Å². The molecular weight excluding hydrogens is 743 g/mol. The van der Waals surface area contributed by atoms with Gasteiger partial charge in [-0.05, 0) is 90.8 Å². The third-order valence-corrected chi connectivity index (χ3v) is 12.3. The first-order chi connectivity index (χ1) is 28.3. The molecule has 0 radical (unpaired) electrons. The second kappa shape index (κ2) is 14.9. The molecule has 2 saturated heterocycles. The third kappa shape index (κ3) is 7.51. The molecule has 13 nitrogen and oxygen atoms in total. The summed E-state index contributed by atoms with van der Waals surface area (Å²) in [6.45, 7) is 14.8. The molecule has 3 aromatic heterocycles. The first kappa shape index (κ1) is 38.3. The van der Waals surface area contributed by atoms with Gasteiger partial charge in [0.25, 0.3) is 0 Å². The Bertz CT molecular complexity index is 2600. The highest BCUT2D eigenvalue weighted by Crippen LogP contribution is 2.43. The standard InChI is InChI=1S/C46H49N9O4/c1-27-20-31(10-13-36(27)28(2)48-41(57)42-50-43(53-59-42)45(3,4)5)39-37-22-34(26-47-40(37)52-51-39)30-8-11-35(12-9-30)55-18-16-54(17-19-55)15-14-29-6-7-32-23-46(24-33(32)21-29)25-38(56)49-44(46)58/h6-13,20-22,26,28H,14-19,23-25H2,1-5H3,(H,48,57)(H,47,51,52)(H,49,56,58)/t28?,46-/m1/s1. The molecule has 59 heavy (non-hydrogen) atoms. The van der Waals surface area contributed by atoms with Crippen molar-refractivity contribution in [3.8, 4) is 22.4 Å². The number of H-pyrrole nitrogens is 1. The zero-order valence-corrected chi connectivity index (χ0v) is 34.2. The van der Waals surface area contributed by atoms with Crippen molar-refractivity contribution in [1.29, 1.82) is 0 Å². The second-order valence-corrected chi connectivity index (χ2v) is 17.5. The van der Waals surface area contributed by atoms with Crippen LogP contribution in [-0.4, -0.2) is 80.7 Å². The number of nitrogens with one attached hydrogen (secondary N) is 3. The topological polar surface area (TPSA) is 162 Å². The van der Waals surface area contributed by atoms with Crippen LogP contribution in [0, 0.1) is 12.3 Å². The third-order valence-electron chi connectivity index (χ3n) is 12.3. The Hall–Kier alpha value is -6.21. The number of aryl methyl sites for hydroxylation is 1. The van der Waals surface area contributed by atoms with E-state index in [2.05, 4.69) is 95.4 Å². The average molecular weight is 792 g/mol. The molecule has 2 fully saturated rings. The molecule has 3 aliphatic rings. The van der Waals surface area contributed by atoms with Crippen LogP contribution in [0.3, 0.4) is 0 Å². The van der Waals surface area contributed by atoms with Gasteiger partial charge in [0.05, 0.1) is 11.5 Å². The Morgan fingerprint density at radius 1 is 0.915 bits per heavy atom. The van der Waals surface area contributed by atoms with Crippen molar-refractivity contribution in [1.82, 2.24) is 40.9 Å². The lowest BCUT2D eigenvalue weighted by molar-refractivity contribution is -0.128. The van der Waals surface area contributed by atoms with Crippen molar-refractivity contribution >= 4 is 34.4 Å². The minimum absolute atomic E-state index is 0.0480. The summed E-state index contributed by atoms with van der Waals surface area (Å²) in [7, 11) is 0. The van der Waals surface area contributed by atoms with Crippen molar-refractivity contribution in [2.24, 2.45) is 5.41 Å². The molecule has 0 bridgehead atoms. The molecule has 9 rings (SSSR count). The van der Waals surface area contributed by atoms with Crippen LogP contribution >= 0.6 is 0 Å². The number of nitrogens with zero attached hydrogens (tertiary/aromatic N) is 6. The molecule has 0 saturated carbocycles. The fourth-order valence-corrected chi connectivity index (χ4v) is 8.87. The minimum atomic E-state index is -0.575. The lowest BCUT2D eigenvalue weighted by Gasteiger charge is -2.36. The van der Waals surface area contributed by atoms with Crippen molar-refractivity contribution < 1.29 is 18.9 Å². The van der Waals surface area contributed by atoms with E-state index in [9.17, 15) is 14.4 Å². The van der Waals surface area contributed by atoms with E-state index in [0.717, 1.165) is 83.7 Å². The number of imide groups is 1. The number of aromatic amines is 1. The Balaban J connectivity index is 0.807. The fraction of sp³-hybridized carbons (Fsp3) is 0.370. The van der Waals surface area contributed by atoms with Crippen molar-refractivity contribution in [3.05, 3.63) is 112 Å². The molecule has 302 valence electrons. The van der Waals surface area contributed by atoms with E-state index in [1.807, 2.05) is 52.9 Å². The number of fused-ring (bicyclic) bond motifs is 2. The number of aromatic nitrogens is 5. The number of amides is 3. The maximum atomic E-state index is 12.9. The lowest BCUT2D eigenvalue weighted by atomic mass is 9.83. The number of hydrogen-bond donors (Lipinski definition) is 3. The van der Waals surface area contributed by atoms with E-state index < -0.39 is 11.3 Å². The number of anilines is 1. The predicted molar refractivity (Wildman–Crippen MR) is 225 cm³/mol. The van der Waals surface area contributed by atoms with Gasteiger partial charge in [-0.15, -0.1) is 0 Å². The highest BCUT2D eigenvalue weighted by atomic mass is 16.5. The van der Waals surface area contributed by atoms with Gasteiger partial charge in [0.1, 0.15) is 5.69 Å². The van der Waals surface area contributed by atoms with Gasteiger partial charge < -0.3 is 14.7 Å². The highest BCUT2D eigenvalue weighted by Gasteiger charge is 2.50. The smallest absolute Gasteiger partial charge is 0.315 e. The van der Waals surface area contributed by atoms with Crippen LogP contribution in [0.25, 0.3) is 33.4 Å². The van der Waals surface area contributed by atoms with Gasteiger partial charge in [-0.1, -0.05) is 68.4 Å². The summed E-state index contributed by atoms with van der Waals surface area (Å²) < 4.78 is 5.24. The monoisotopic (exact) mass is 791 g/mol. The molecule has 3 N–H and O–H groups in total. The summed E-state index contributed by atoms with van der Waals surface area (Å²) >= 11 is 0. The van der Waals surface area contributed by atoms with Crippen molar-refractivity contribution in [2.45, 2.75) is 71.8 Å². The number of benzene rings is 3. The Morgan fingerprint density at radius 3 is 2.39 bits per heavy atom. The van der Waals surface area contributed by atoms with Crippen LogP contribution in [-0.2, 0) is 34.3 Å². The minimum Gasteiger partial charge on any atom is -0.369 e. The maximum Gasteiger partial charge on any atom is 0.315 e. The summed E-state index contributed by atoms with van der Waals surface area (Å²) in [5, 5.41) is 18.2. The normalized spacial score (nSPS) is 18.8. The molecule has 3 aromatic carbocycles. The van der Waals surface area contributed by atoms with Gasteiger partial charge >= 0.3 is 11.8 Å². The first-order valence-electron chi connectivity index (χ1n) is 20.4. The number of pyridine rings is 1. The number of carbonyl (C=O) groups is 3. The van der Waals surface area contributed by atoms with E-state index in [4.69, 9.17) is 9.51 Å². The number of rotatable bonds is 9. The summed E-state index contributed by atoms with van der Waals surface area (Å²) in [5.41, 5.74) is 10.6. The summed E-state index contributed by atoms with van der Waals surface area (Å²) in [6, 6.07) is 23.3. The first-order valence-corrected chi connectivity index (χ1v) is 20.4. The van der Waals surface area contributed by atoms with Gasteiger partial charge in [0.15, 0.2) is 11.5 Å². The van der Waals surface area contributed by atoms with E-state index in [0.29, 0.717) is 25.1 Å². The lowest BCUT2D eigenvalue weighted by Crippen LogP contribution is -2.47. The van der Waals surface area contributed by atoms with Gasteiger partial charge in [0.2, 0.25) is 11.8 Å². The molecule has 3 amide bonds. The SMILES string of the molecule is Cc1cc(-c2n[nH]c3ncc(-c4ccc(N5CCN(CCc6ccc7c(c6)C[C@@]6(CC(=O)NC6=O)C7)CC5)cc4)cc23)ccc1C(C)NC(=O)c1nc(C(C)(C)C)no1. The zero-order chi connectivity index (χ0) is 41.1. The second-order valence-electron chi connectivity index (χ2n) is 17.5. The molecule has 1 aliphatic carbocycles. The molecule has 2 atom stereocenters. The van der Waals surface area contributed by atoms with Gasteiger partial charge in [0, 0.05) is 73.0 Å². The fourth-order valence-electron chi connectivity index (χ4n) is 8.87. The maximum absolute atomic E-state index is 12.9. The van der Waals surface area contributed by atoms with E-state index in [1.165, 1.54) is 22.4 Å². The van der Waals surface area contributed by atoms with Crippen LogP contribution in [0.1, 0.15) is 84.5 Å². The quantitative estimate of drug-likeness (QED) is 0.142.